The molecule has 15 heavy (non-hydrogen) atoms. The maximum Gasteiger partial charge on any atom is 0.221 e. The Hall–Kier alpha value is -0.650. The van der Waals surface area contributed by atoms with E-state index in [0.29, 0.717) is 26.1 Å². The second-order valence-electron chi connectivity index (χ2n) is 3.19. The van der Waals surface area contributed by atoms with Gasteiger partial charge in [-0.05, 0) is 13.0 Å². The molecule has 0 aromatic rings. The molecule has 0 fully saturated rings. The van der Waals surface area contributed by atoms with Gasteiger partial charge in [-0.2, -0.15) is 0 Å². The lowest BCUT2D eigenvalue weighted by Crippen LogP contribution is -2.30. The van der Waals surface area contributed by atoms with Crippen LogP contribution in [-0.4, -0.2) is 53.0 Å². The van der Waals surface area contributed by atoms with Gasteiger partial charge < -0.3 is 20.1 Å². The van der Waals surface area contributed by atoms with Gasteiger partial charge in [0.15, 0.2) is 0 Å². The van der Waals surface area contributed by atoms with Gasteiger partial charge in [0.1, 0.15) is 0 Å². The first-order valence-electron chi connectivity index (χ1n) is 5.26. The number of hydrogen-bond acceptors (Lipinski definition) is 4. The minimum Gasteiger partial charge on any atom is -0.385 e. The number of ether oxygens (including phenoxy) is 2. The highest BCUT2D eigenvalue weighted by Crippen LogP contribution is 1.80. The Bertz CT molecular complexity index is 154. The van der Waals surface area contributed by atoms with E-state index in [1.807, 2.05) is 0 Å². The van der Waals surface area contributed by atoms with Crippen molar-refractivity contribution in [1.82, 2.24) is 10.6 Å². The van der Waals surface area contributed by atoms with Gasteiger partial charge in [-0.3, -0.25) is 4.79 Å². The summed E-state index contributed by atoms with van der Waals surface area (Å²) in [4.78, 5) is 11.2. The van der Waals surface area contributed by atoms with Crippen molar-refractivity contribution >= 4 is 5.91 Å². The Morgan fingerprint density at radius 3 is 2.47 bits per heavy atom. The molecule has 0 aliphatic heterocycles. The normalized spacial score (nSPS) is 10.3. The van der Waals surface area contributed by atoms with E-state index in [1.54, 1.807) is 14.2 Å². The molecule has 0 aromatic carbocycles. The smallest absolute Gasteiger partial charge is 0.221 e. The number of nitrogens with one attached hydrogen (secondary N) is 2. The molecule has 0 aromatic heterocycles. The van der Waals surface area contributed by atoms with Gasteiger partial charge in [-0.1, -0.05) is 0 Å². The highest BCUT2D eigenvalue weighted by atomic mass is 16.5. The van der Waals surface area contributed by atoms with Crippen LogP contribution >= 0.6 is 0 Å². The molecule has 0 rings (SSSR count). The molecule has 0 unspecified atom stereocenters. The Kier molecular flexibility index (Phi) is 10.9. The molecule has 2 N–H and O–H groups in total. The van der Waals surface area contributed by atoms with Crippen LogP contribution in [0.25, 0.3) is 0 Å². The molecule has 0 saturated carbocycles. The monoisotopic (exact) mass is 218 g/mol. The lowest BCUT2D eigenvalue weighted by Gasteiger charge is -2.05. The zero-order valence-corrected chi connectivity index (χ0v) is 9.67. The minimum atomic E-state index is 0.0614. The fourth-order valence-electron chi connectivity index (χ4n) is 1.05. The minimum absolute atomic E-state index is 0.0614. The molecule has 0 radical (unpaired) electrons. The van der Waals surface area contributed by atoms with E-state index in [1.165, 1.54) is 0 Å². The first-order chi connectivity index (χ1) is 7.31. The Balaban J connectivity index is 3.10. The summed E-state index contributed by atoms with van der Waals surface area (Å²) in [5.41, 5.74) is 0. The van der Waals surface area contributed by atoms with E-state index in [-0.39, 0.29) is 5.91 Å². The highest BCUT2D eigenvalue weighted by molar-refractivity contribution is 5.75. The zero-order valence-electron chi connectivity index (χ0n) is 9.67. The largest absolute Gasteiger partial charge is 0.385 e. The fourth-order valence-corrected chi connectivity index (χ4v) is 1.05. The van der Waals surface area contributed by atoms with E-state index in [2.05, 4.69) is 10.6 Å². The van der Waals surface area contributed by atoms with Crippen LogP contribution in [0.2, 0.25) is 0 Å². The maximum atomic E-state index is 11.2. The number of methoxy groups -OCH3 is 2. The molecule has 0 aliphatic carbocycles. The lowest BCUT2D eigenvalue weighted by atomic mass is 10.3. The van der Waals surface area contributed by atoms with Gasteiger partial charge in [-0.15, -0.1) is 0 Å². The predicted molar refractivity (Wildman–Crippen MR) is 58.9 cm³/mol. The average molecular weight is 218 g/mol. The molecule has 5 nitrogen and oxygen atoms in total. The van der Waals surface area contributed by atoms with Gasteiger partial charge in [-0.25, -0.2) is 0 Å². The summed E-state index contributed by atoms with van der Waals surface area (Å²) in [6.07, 6.45) is 1.48. The van der Waals surface area contributed by atoms with Gasteiger partial charge in [0.25, 0.3) is 0 Å². The summed E-state index contributed by atoms with van der Waals surface area (Å²) in [7, 11) is 3.30. The Morgan fingerprint density at radius 2 is 1.80 bits per heavy atom. The van der Waals surface area contributed by atoms with Crippen LogP contribution in [0.3, 0.4) is 0 Å². The quantitative estimate of drug-likeness (QED) is 0.497. The Labute approximate surface area is 91.5 Å². The molecule has 0 heterocycles. The third kappa shape index (κ3) is 11.3. The van der Waals surface area contributed by atoms with Crippen LogP contribution in [0.4, 0.5) is 0 Å². The topological polar surface area (TPSA) is 59.6 Å². The van der Waals surface area contributed by atoms with Crippen LogP contribution in [0.1, 0.15) is 12.8 Å². The van der Waals surface area contributed by atoms with Crippen molar-refractivity contribution in [3.63, 3.8) is 0 Å². The molecular weight excluding hydrogens is 196 g/mol. The van der Waals surface area contributed by atoms with Crippen molar-refractivity contribution < 1.29 is 14.3 Å². The molecule has 1 amide bonds. The maximum absolute atomic E-state index is 11.2. The summed E-state index contributed by atoms with van der Waals surface area (Å²) in [6, 6.07) is 0. The number of amides is 1. The zero-order chi connectivity index (χ0) is 11.4. The van der Waals surface area contributed by atoms with E-state index in [4.69, 9.17) is 9.47 Å². The summed E-state index contributed by atoms with van der Waals surface area (Å²) in [6.45, 7) is 3.50. The molecule has 0 atom stereocenters. The molecule has 90 valence electrons. The van der Waals surface area contributed by atoms with Crippen molar-refractivity contribution in [1.29, 1.82) is 0 Å². The first-order valence-corrected chi connectivity index (χ1v) is 5.26. The molecule has 0 aliphatic rings. The van der Waals surface area contributed by atoms with Gasteiger partial charge in [0, 0.05) is 40.3 Å². The van der Waals surface area contributed by atoms with Crippen LogP contribution in [0.5, 0.6) is 0 Å². The van der Waals surface area contributed by atoms with Crippen molar-refractivity contribution in [2.75, 3.05) is 47.1 Å². The van der Waals surface area contributed by atoms with Crippen molar-refractivity contribution in [3.8, 4) is 0 Å². The predicted octanol–water partition coefficient (Wildman–Crippen LogP) is -0.235. The third-order valence-corrected chi connectivity index (χ3v) is 1.86. The number of hydrogen-bond donors (Lipinski definition) is 2. The first kappa shape index (κ1) is 14.3. The van der Waals surface area contributed by atoms with E-state index in [0.717, 1.165) is 19.6 Å². The van der Waals surface area contributed by atoms with E-state index in [9.17, 15) is 4.79 Å². The number of carbonyl (C=O) groups is 1. The van der Waals surface area contributed by atoms with Crippen molar-refractivity contribution in [2.45, 2.75) is 12.8 Å². The van der Waals surface area contributed by atoms with Crippen LogP contribution in [0, 0.1) is 0 Å². The Morgan fingerprint density at radius 1 is 1.07 bits per heavy atom. The molecule has 5 heteroatoms. The summed E-state index contributed by atoms with van der Waals surface area (Å²) < 4.78 is 9.72. The standard InChI is InChI=1S/C10H22N2O3/c1-14-8-3-5-11-6-4-10(13)12-7-9-15-2/h11H,3-9H2,1-2H3,(H,12,13). The van der Waals surface area contributed by atoms with Gasteiger partial charge in [0.2, 0.25) is 5.91 Å². The summed E-state index contributed by atoms with van der Waals surface area (Å²) in [5, 5.41) is 5.93. The SMILES string of the molecule is COCCCNCCC(=O)NCCOC. The molecule has 0 saturated heterocycles. The second kappa shape index (κ2) is 11.4. The van der Waals surface area contributed by atoms with Crippen molar-refractivity contribution in [2.24, 2.45) is 0 Å². The number of carbonyl (C=O) groups excluding carboxylic acids is 1. The fraction of sp³-hybridized carbons (Fsp3) is 0.900. The summed E-state index contributed by atoms with van der Waals surface area (Å²) >= 11 is 0. The van der Waals surface area contributed by atoms with Crippen LogP contribution in [-0.2, 0) is 14.3 Å². The van der Waals surface area contributed by atoms with Crippen LogP contribution in [0.15, 0.2) is 0 Å². The molecular formula is C10H22N2O3. The third-order valence-electron chi connectivity index (χ3n) is 1.86. The van der Waals surface area contributed by atoms with Crippen LogP contribution < -0.4 is 10.6 Å². The van der Waals surface area contributed by atoms with E-state index >= 15 is 0 Å². The molecule has 0 spiro atoms. The lowest BCUT2D eigenvalue weighted by molar-refractivity contribution is -0.121. The van der Waals surface area contributed by atoms with Gasteiger partial charge in [0.05, 0.1) is 6.61 Å². The average Bonchev–Trinajstić information content (AvgIpc) is 2.23. The van der Waals surface area contributed by atoms with Gasteiger partial charge >= 0.3 is 0 Å². The highest BCUT2D eigenvalue weighted by Gasteiger charge is 1.98. The second-order valence-corrected chi connectivity index (χ2v) is 3.19. The number of rotatable bonds is 10. The van der Waals surface area contributed by atoms with Crippen molar-refractivity contribution in [3.05, 3.63) is 0 Å². The summed E-state index contributed by atoms with van der Waals surface area (Å²) in [5.74, 6) is 0.0614. The van der Waals surface area contributed by atoms with E-state index < -0.39 is 0 Å². The molecule has 0 bridgehead atoms.